The van der Waals surface area contributed by atoms with Crippen molar-refractivity contribution in [3.63, 3.8) is 0 Å². The third-order valence-electron chi connectivity index (χ3n) is 7.58. The van der Waals surface area contributed by atoms with Crippen molar-refractivity contribution in [3.8, 4) is 11.3 Å². The number of pyridine rings is 1. The van der Waals surface area contributed by atoms with Gasteiger partial charge in [-0.05, 0) is 48.1 Å². The fourth-order valence-corrected chi connectivity index (χ4v) is 5.85. The lowest BCUT2D eigenvalue weighted by Gasteiger charge is -2.42. The van der Waals surface area contributed by atoms with E-state index < -0.39 is 0 Å². The smallest absolute Gasteiger partial charge is 0.259 e. The van der Waals surface area contributed by atoms with Gasteiger partial charge in [0.15, 0.2) is 0 Å². The van der Waals surface area contributed by atoms with Gasteiger partial charge in [0, 0.05) is 23.4 Å². The Balaban J connectivity index is 1.52. The Kier molecular flexibility index (Phi) is 5.93. The van der Waals surface area contributed by atoms with Crippen LogP contribution in [-0.4, -0.2) is 20.7 Å². The molecule has 1 spiro atoms. The van der Waals surface area contributed by atoms with Crippen LogP contribution in [-0.2, 0) is 18.4 Å². The zero-order valence-corrected chi connectivity index (χ0v) is 20.2. The maximum Gasteiger partial charge on any atom is 0.259 e. The maximum atomic E-state index is 14.4. The molecule has 2 aliphatic carbocycles. The molecule has 0 amide bonds. The summed E-state index contributed by atoms with van der Waals surface area (Å²) in [6.45, 7) is 0.435. The lowest BCUT2D eigenvalue weighted by Crippen LogP contribution is -2.43. The van der Waals surface area contributed by atoms with Gasteiger partial charge in [-0.15, -0.1) is 0 Å². The van der Waals surface area contributed by atoms with Crippen molar-refractivity contribution in [3.05, 3.63) is 112 Å². The van der Waals surface area contributed by atoms with Crippen molar-refractivity contribution in [1.29, 1.82) is 0 Å². The number of rotatable bonds is 5. The molecule has 2 heterocycles. The van der Waals surface area contributed by atoms with Gasteiger partial charge >= 0.3 is 0 Å². The quantitative estimate of drug-likeness (QED) is 0.303. The van der Waals surface area contributed by atoms with E-state index in [2.05, 4.69) is 33.7 Å². The fraction of sp³-hybridized carbons (Fsp3) is 0.267. The Labute approximate surface area is 210 Å². The molecule has 2 aliphatic rings. The maximum absolute atomic E-state index is 14.4. The van der Waals surface area contributed by atoms with Gasteiger partial charge in [0.25, 0.3) is 5.56 Å². The lowest BCUT2D eigenvalue weighted by molar-refractivity contribution is 0.283. The zero-order chi connectivity index (χ0) is 24.4. The topological polar surface area (TPSA) is 72.2 Å². The van der Waals surface area contributed by atoms with Gasteiger partial charge in [-0.1, -0.05) is 73.9 Å². The van der Waals surface area contributed by atoms with Crippen LogP contribution in [0.2, 0.25) is 0 Å². The molecule has 1 fully saturated rings. The van der Waals surface area contributed by atoms with Crippen LogP contribution in [0.1, 0.15) is 54.4 Å². The highest BCUT2D eigenvalue weighted by Crippen LogP contribution is 2.48. The second-order valence-corrected chi connectivity index (χ2v) is 9.86. The third-order valence-corrected chi connectivity index (χ3v) is 7.58. The van der Waals surface area contributed by atoms with Crippen molar-refractivity contribution in [2.45, 2.75) is 50.5 Å². The van der Waals surface area contributed by atoms with E-state index in [1.54, 1.807) is 23.2 Å². The Morgan fingerprint density at radius 2 is 1.69 bits per heavy atom. The molecule has 0 aliphatic heterocycles. The van der Waals surface area contributed by atoms with Crippen molar-refractivity contribution in [2.75, 3.05) is 5.43 Å². The van der Waals surface area contributed by atoms with Gasteiger partial charge < -0.3 is 0 Å². The van der Waals surface area contributed by atoms with Gasteiger partial charge in [-0.3, -0.25) is 14.3 Å². The van der Waals surface area contributed by atoms with Gasteiger partial charge in [-0.2, -0.15) is 5.10 Å². The second kappa shape index (κ2) is 9.53. The molecule has 6 nitrogen and oxygen atoms in total. The molecule has 4 aromatic rings. The van der Waals surface area contributed by atoms with Crippen molar-refractivity contribution in [1.82, 2.24) is 14.5 Å². The predicted molar refractivity (Wildman–Crippen MR) is 143 cm³/mol. The van der Waals surface area contributed by atoms with Crippen LogP contribution in [0.5, 0.6) is 0 Å². The second-order valence-electron chi connectivity index (χ2n) is 9.86. The largest absolute Gasteiger partial charge is 0.273 e. The first-order valence-corrected chi connectivity index (χ1v) is 12.7. The van der Waals surface area contributed by atoms with Gasteiger partial charge in [0.05, 0.1) is 24.0 Å². The molecule has 6 heteroatoms. The summed E-state index contributed by atoms with van der Waals surface area (Å²) in [7, 11) is 0. The normalized spacial score (nSPS) is 16.0. The Hall–Kier alpha value is -4.06. The number of nitrogens with zero attached hydrogens (tertiary/aromatic N) is 4. The highest BCUT2D eigenvalue weighted by Gasteiger charge is 2.43. The summed E-state index contributed by atoms with van der Waals surface area (Å²) in [4.78, 5) is 23.6. The molecule has 0 radical (unpaired) electrons. The van der Waals surface area contributed by atoms with Crippen LogP contribution in [0.25, 0.3) is 11.3 Å². The summed E-state index contributed by atoms with van der Waals surface area (Å²) >= 11 is 0. The molecule has 2 aromatic carbocycles. The van der Waals surface area contributed by atoms with Crippen LogP contribution in [0.15, 0.2) is 89.0 Å². The van der Waals surface area contributed by atoms with Gasteiger partial charge in [0.2, 0.25) is 5.95 Å². The average molecular weight is 476 g/mol. The predicted octanol–water partition coefficient (Wildman–Crippen LogP) is 5.56. The number of fused-ring (bicyclic) bond motifs is 4. The van der Waals surface area contributed by atoms with E-state index >= 15 is 0 Å². The molecular weight excluding hydrogens is 446 g/mol. The average Bonchev–Trinajstić information content (AvgIpc) is 2.92. The number of nitrogens with one attached hydrogen (secondary N) is 1. The minimum absolute atomic E-state index is 0.0434. The van der Waals surface area contributed by atoms with E-state index in [9.17, 15) is 4.79 Å². The minimum atomic E-state index is -0.150. The minimum Gasteiger partial charge on any atom is -0.273 e. The van der Waals surface area contributed by atoms with Gasteiger partial charge in [-0.25, -0.2) is 10.4 Å². The summed E-state index contributed by atoms with van der Waals surface area (Å²) in [5.41, 5.74) is 9.01. The number of anilines is 1. The van der Waals surface area contributed by atoms with Gasteiger partial charge in [0.1, 0.15) is 0 Å². The van der Waals surface area contributed by atoms with Crippen molar-refractivity contribution >= 4 is 12.2 Å². The van der Waals surface area contributed by atoms with E-state index in [1.807, 2.05) is 48.5 Å². The van der Waals surface area contributed by atoms with Crippen molar-refractivity contribution in [2.24, 2.45) is 5.10 Å². The zero-order valence-electron chi connectivity index (χ0n) is 20.2. The highest BCUT2D eigenvalue weighted by molar-refractivity contribution is 5.79. The first-order chi connectivity index (χ1) is 17.7. The molecule has 1 N–H and O–H groups in total. The van der Waals surface area contributed by atoms with Crippen LogP contribution in [0.3, 0.4) is 0 Å². The number of benzene rings is 2. The molecule has 0 saturated heterocycles. The van der Waals surface area contributed by atoms with E-state index in [-0.39, 0.29) is 11.0 Å². The molecule has 36 heavy (non-hydrogen) atoms. The molecular formula is C30H29N5O. The number of hydrogen-bond acceptors (Lipinski definition) is 5. The first-order valence-electron chi connectivity index (χ1n) is 12.7. The number of aromatic nitrogens is 3. The molecule has 1 saturated carbocycles. The summed E-state index contributed by atoms with van der Waals surface area (Å²) < 4.78 is 1.77. The standard InChI is InChI=1S/C30H29N5O/c36-28-26-27(25-12-6-5-11-24(25)19-30(26)15-7-2-8-16-30)33-29(34-32-20-22-13-17-31-18-14-22)35(28)21-23-9-3-1-4-10-23/h1,3-6,9-14,17-18,20H,2,7-8,15-16,19,21H2,(H,33,34)/b32-20-. The third kappa shape index (κ3) is 4.13. The molecule has 0 unspecified atom stereocenters. The van der Waals surface area contributed by atoms with E-state index in [1.165, 1.54) is 12.0 Å². The Morgan fingerprint density at radius 3 is 2.50 bits per heavy atom. The Bertz CT molecular complexity index is 1450. The first kappa shape index (κ1) is 22.4. The molecule has 0 atom stereocenters. The summed E-state index contributed by atoms with van der Waals surface area (Å²) in [6.07, 6.45) is 11.7. The molecule has 2 aromatic heterocycles. The number of hydrogen-bond donors (Lipinski definition) is 1. The van der Waals surface area contributed by atoms with Crippen LogP contribution in [0.4, 0.5) is 5.95 Å². The molecule has 180 valence electrons. The number of hydrazone groups is 1. The van der Waals surface area contributed by atoms with Crippen molar-refractivity contribution < 1.29 is 0 Å². The van der Waals surface area contributed by atoms with E-state index in [4.69, 9.17) is 4.98 Å². The summed E-state index contributed by atoms with van der Waals surface area (Å²) in [6, 6.07) is 22.3. The SMILES string of the molecule is O=c1c2c(nc(N/N=C\c3ccncc3)n1Cc1ccccc1)-c1ccccc1CC21CCCCC1. The van der Waals surface area contributed by atoms with E-state index in [0.29, 0.717) is 12.5 Å². The molecule has 0 bridgehead atoms. The fourth-order valence-electron chi connectivity index (χ4n) is 5.85. The van der Waals surface area contributed by atoms with Crippen LogP contribution in [0, 0.1) is 0 Å². The Morgan fingerprint density at radius 1 is 0.944 bits per heavy atom. The van der Waals surface area contributed by atoms with Crippen LogP contribution < -0.4 is 11.0 Å². The van der Waals surface area contributed by atoms with Crippen LogP contribution >= 0.6 is 0 Å². The molecule has 6 rings (SSSR count). The van der Waals surface area contributed by atoms with E-state index in [0.717, 1.165) is 60.1 Å². The summed E-state index contributed by atoms with van der Waals surface area (Å²) in [5, 5.41) is 4.44. The summed E-state index contributed by atoms with van der Waals surface area (Å²) in [5.74, 6) is 0.454. The highest BCUT2D eigenvalue weighted by atomic mass is 16.1. The monoisotopic (exact) mass is 475 g/mol. The lowest BCUT2D eigenvalue weighted by atomic mass is 9.62.